The second-order valence-corrected chi connectivity index (χ2v) is 14.5. The first-order chi connectivity index (χ1) is 28.3. The second-order valence-electron chi connectivity index (χ2n) is 14.5. The van der Waals surface area contributed by atoms with E-state index < -0.39 is 0 Å². The third kappa shape index (κ3) is 4.74. The third-order valence-corrected chi connectivity index (χ3v) is 11.3. The first-order valence-electron chi connectivity index (χ1n) is 19.2. The predicted octanol–water partition coefficient (Wildman–Crippen LogP) is 12.5. The largest absolute Gasteiger partial charge is 0.309 e. The van der Waals surface area contributed by atoms with Gasteiger partial charge >= 0.3 is 0 Å². The molecule has 0 unspecified atom stereocenters. The van der Waals surface area contributed by atoms with Crippen LogP contribution in [-0.2, 0) is 0 Å². The second kappa shape index (κ2) is 12.3. The number of fused-ring (bicyclic) bond motifs is 10. The van der Waals surface area contributed by atoms with E-state index in [1.54, 1.807) is 0 Å². The fourth-order valence-electron chi connectivity index (χ4n) is 8.86. The number of aromatic nitrogens is 6. The lowest BCUT2D eigenvalue weighted by atomic mass is 10.1. The standard InChI is InChI=1S/C51H32N6/c1-4-16-33(17-5-1)49-52-50(34-28-29-38-37-22-10-13-25-41(37)56(46(38)32-34)36-20-8-3-9-21-36)54-51(53-49)57-43-27-15-12-24-40(43)48-45(57)31-30-44-47(48)39-23-11-14-26-42(39)55(44)35-18-6-2-7-19-35/h1-32H. The quantitative estimate of drug-likeness (QED) is 0.177. The lowest BCUT2D eigenvalue weighted by Gasteiger charge is -2.12. The van der Waals surface area contributed by atoms with Crippen LogP contribution in [0.2, 0.25) is 0 Å². The Kier molecular flexibility index (Phi) is 6.83. The summed E-state index contributed by atoms with van der Waals surface area (Å²) in [6.07, 6.45) is 0. The van der Waals surface area contributed by atoms with Gasteiger partial charge in [-0.1, -0.05) is 133 Å². The molecule has 0 saturated carbocycles. The molecule has 6 nitrogen and oxygen atoms in total. The molecule has 266 valence electrons. The number of para-hydroxylation sites is 5. The highest BCUT2D eigenvalue weighted by molar-refractivity contribution is 6.28. The van der Waals surface area contributed by atoms with E-state index in [9.17, 15) is 0 Å². The number of hydrogen-bond acceptors (Lipinski definition) is 3. The van der Waals surface area contributed by atoms with E-state index in [1.165, 1.54) is 32.4 Å². The number of hydrogen-bond donors (Lipinski definition) is 0. The van der Waals surface area contributed by atoms with Crippen molar-refractivity contribution in [1.82, 2.24) is 28.7 Å². The highest BCUT2D eigenvalue weighted by Crippen LogP contribution is 2.42. The molecule has 0 atom stereocenters. The minimum absolute atomic E-state index is 0.569. The van der Waals surface area contributed by atoms with Crippen molar-refractivity contribution >= 4 is 65.4 Å². The summed E-state index contributed by atoms with van der Waals surface area (Å²) in [5, 5.41) is 7.11. The molecule has 0 bridgehead atoms. The molecule has 0 saturated heterocycles. The average Bonchev–Trinajstić information content (AvgIpc) is 3.92. The van der Waals surface area contributed by atoms with Gasteiger partial charge in [0.1, 0.15) is 0 Å². The minimum atomic E-state index is 0.569. The van der Waals surface area contributed by atoms with Gasteiger partial charge in [-0.05, 0) is 60.7 Å². The van der Waals surface area contributed by atoms with E-state index in [0.29, 0.717) is 17.6 Å². The molecule has 0 amide bonds. The summed E-state index contributed by atoms with van der Waals surface area (Å²) in [4.78, 5) is 15.8. The molecule has 0 aliphatic carbocycles. The van der Waals surface area contributed by atoms with Crippen molar-refractivity contribution in [3.05, 3.63) is 194 Å². The Bertz CT molecular complexity index is 3510. The van der Waals surface area contributed by atoms with E-state index in [-0.39, 0.29) is 0 Å². The molecule has 0 aliphatic heterocycles. The molecule has 4 aromatic heterocycles. The smallest absolute Gasteiger partial charge is 0.238 e. The fraction of sp³-hybridized carbons (Fsp3) is 0. The van der Waals surface area contributed by atoms with Crippen LogP contribution < -0.4 is 0 Å². The van der Waals surface area contributed by atoms with Crippen molar-refractivity contribution in [1.29, 1.82) is 0 Å². The average molecular weight is 729 g/mol. The molecular formula is C51H32N6. The van der Waals surface area contributed by atoms with E-state index in [1.807, 2.05) is 18.2 Å². The maximum atomic E-state index is 5.36. The molecule has 12 aromatic rings. The molecule has 0 N–H and O–H groups in total. The molecule has 12 rings (SSSR count). The van der Waals surface area contributed by atoms with Gasteiger partial charge in [-0.25, -0.2) is 4.98 Å². The van der Waals surface area contributed by atoms with Gasteiger partial charge in [-0.3, -0.25) is 4.57 Å². The first-order valence-corrected chi connectivity index (χ1v) is 19.2. The summed E-state index contributed by atoms with van der Waals surface area (Å²) in [7, 11) is 0. The highest BCUT2D eigenvalue weighted by Gasteiger charge is 2.23. The van der Waals surface area contributed by atoms with Gasteiger partial charge in [-0.15, -0.1) is 0 Å². The fourth-order valence-corrected chi connectivity index (χ4v) is 8.86. The number of nitrogens with zero attached hydrogens (tertiary/aromatic N) is 6. The van der Waals surface area contributed by atoms with Crippen LogP contribution in [0.5, 0.6) is 0 Å². The van der Waals surface area contributed by atoms with Crippen LogP contribution >= 0.6 is 0 Å². The maximum Gasteiger partial charge on any atom is 0.238 e. The Labute approximate surface area is 327 Å². The van der Waals surface area contributed by atoms with Gasteiger partial charge in [-0.2, -0.15) is 9.97 Å². The monoisotopic (exact) mass is 728 g/mol. The Morgan fingerprint density at radius 1 is 0.281 bits per heavy atom. The van der Waals surface area contributed by atoms with Gasteiger partial charge in [0.25, 0.3) is 0 Å². The number of benzene rings is 8. The highest BCUT2D eigenvalue weighted by atomic mass is 15.2. The van der Waals surface area contributed by atoms with Crippen molar-refractivity contribution < 1.29 is 0 Å². The van der Waals surface area contributed by atoms with Crippen LogP contribution in [0.25, 0.3) is 106 Å². The van der Waals surface area contributed by atoms with Crippen LogP contribution in [0.15, 0.2) is 194 Å². The lowest BCUT2D eigenvalue weighted by Crippen LogP contribution is -2.06. The Hall–Kier alpha value is -7.83. The normalized spacial score (nSPS) is 11.9. The molecule has 6 heteroatoms. The molecule has 0 spiro atoms. The van der Waals surface area contributed by atoms with Gasteiger partial charge in [0.2, 0.25) is 5.95 Å². The van der Waals surface area contributed by atoms with Gasteiger partial charge in [0.05, 0.1) is 33.1 Å². The Morgan fingerprint density at radius 2 is 0.719 bits per heavy atom. The van der Waals surface area contributed by atoms with E-state index in [4.69, 9.17) is 15.0 Å². The van der Waals surface area contributed by atoms with Crippen molar-refractivity contribution in [2.45, 2.75) is 0 Å². The zero-order valence-electron chi connectivity index (χ0n) is 30.7. The molecule has 0 aliphatic rings. The van der Waals surface area contributed by atoms with Crippen molar-refractivity contribution in [3.63, 3.8) is 0 Å². The maximum absolute atomic E-state index is 5.36. The summed E-state index contributed by atoms with van der Waals surface area (Å²) in [5.41, 5.74) is 10.7. The van der Waals surface area contributed by atoms with Crippen molar-refractivity contribution in [2.75, 3.05) is 0 Å². The summed E-state index contributed by atoms with van der Waals surface area (Å²) >= 11 is 0. The third-order valence-electron chi connectivity index (χ3n) is 11.3. The molecule has 0 fully saturated rings. The van der Waals surface area contributed by atoms with E-state index >= 15 is 0 Å². The summed E-state index contributed by atoms with van der Waals surface area (Å²) in [6, 6.07) is 68.3. The molecule has 8 aromatic carbocycles. The molecule has 57 heavy (non-hydrogen) atoms. The molecular weight excluding hydrogens is 697 g/mol. The van der Waals surface area contributed by atoms with E-state index in [2.05, 4.69) is 190 Å². The molecule has 4 heterocycles. The lowest BCUT2D eigenvalue weighted by molar-refractivity contribution is 0.953. The van der Waals surface area contributed by atoms with Gasteiger partial charge in [0.15, 0.2) is 11.6 Å². The summed E-state index contributed by atoms with van der Waals surface area (Å²) in [5.74, 6) is 1.80. The minimum Gasteiger partial charge on any atom is -0.309 e. The van der Waals surface area contributed by atoms with Crippen molar-refractivity contribution in [2.24, 2.45) is 0 Å². The SMILES string of the molecule is c1ccc(-c2nc(-c3ccc4c5ccccc5n(-c5ccccc5)c4c3)nc(-n3c4ccccc4c4c5c6ccccc6n(-c6ccccc6)c5ccc43)n2)cc1. The predicted molar refractivity (Wildman–Crippen MR) is 234 cm³/mol. The van der Waals surface area contributed by atoms with Crippen LogP contribution in [0.4, 0.5) is 0 Å². The van der Waals surface area contributed by atoms with Crippen LogP contribution in [0.3, 0.4) is 0 Å². The molecule has 0 radical (unpaired) electrons. The summed E-state index contributed by atoms with van der Waals surface area (Å²) in [6.45, 7) is 0. The zero-order valence-corrected chi connectivity index (χ0v) is 30.7. The van der Waals surface area contributed by atoms with Crippen LogP contribution in [0.1, 0.15) is 0 Å². The Morgan fingerprint density at radius 3 is 1.33 bits per heavy atom. The zero-order chi connectivity index (χ0) is 37.5. The van der Waals surface area contributed by atoms with Gasteiger partial charge in [0, 0.05) is 54.8 Å². The first kappa shape index (κ1) is 31.5. The van der Waals surface area contributed by atoms with Crippen LogP contribution in [0, 0.1) is 0 Å². The Balaban J connectivity index is 1.15. The number of rotatable bonds is 5. The van der Waals surface area contributed by atoms with Crippen molar-refractivity contribution in [3.8, 4) is 40.1 Å². The van der Waals surface area contributed by atoms with Crippen LogP contribution in [-0.4, -0.2) is 28.7 Å². The summed E-state index contributed by atoms with van der Waals surface area (Å²) < 4.78 is 6.92. The van der Waals surface area contributed by atoms with E-state index in [0.717, 1.165) is 55.5 Å². The topological polar surface area (TPSA) is 53.5 Å². The van der Waals surface area contributed by atoms with Gasteiger partial charge < -0.3 is 9.13 Å².